The molecule has 0 heterocycles. The molecule has 0 spiro atoms. The predicted octanol–water partition coefficient (Wildman–Crippen LogP) is 0.941. The van der Waals surface area contributed by atoms with Crippen LogP contribution in [0.2, 0.25) is 0 Å². The summed E-state index contributed by atoms with van der Waals surface area (Å²) < 4.78 is 4.31. The Morgan fingerprint density at radius 2 is 1.88 bits per heavy atom. The van der Waals surface area contributed by atoms with Crippen LogP contribution in [0.1, 0.15) is 0 Å². The van der Waals surface area contributed by atoms with E-state index >= 15 is 0 Å². The van der Waals surface area contributed by atoms with Gasteiger partial charge in [0.15, 0.2) is 0 Å². The summed E-state index contributed by atoms with van der Waals surface area (Å²) in [5.41, 5.74) is 0. The molecule has 0 saturated carbocycles. The van der Waals surface area contributed by atoms with Gasteiger partial charge < -0.3 is 9.84 Å². The van der Waals surface area contributed by atoms with E-state index in [2.05, 4.69) is 17.9 Å². The molecule has 8 heavy (non-hydrogen) atoms. The van der Waals surface area contributed by atoms with Gasteiger partial charge in [-0.05, 0) is 0 Å². The van der Waals surface area contributed by atoms with Gasteiger partial charge in [-0.25, -0.2) is 0 Å². The summed E-state index contributed by atoms with van der Waals surface area (Å²) in [4.78, 5) is 0. The van der Waals surface area contributed by atoms with Crippen LogP contribution in [0.3, 0.4) is 0 Å². The number of ether oxygens (including phenoxy) is 1. The van der Waals surface area contributed by atoms with E-state index in [0.29, 0.717) is 0 Å². The molecular weight excluding hydrogens is 104 g/mol. The summed E-state index contributed by atoms with van der Waals surface area (Å²) in [5, 5.41) is 7.76. The van der Waals surface area contributed by atoms with Crippen molar-refractivity contribution in [2.24, 2.45) is 0 Å². The number of aliphatic hydroxyl groups is 1. The highest BCUT2D eigenvalue weighted by Gasteiger charge is 1.45. The average Bonchev–Trinajstić information content (AvgIpc) is 1.88. The smallest absolute Gasteiger partial charge is 0.0766 e. The van der Waals surface area contributed by atoms with E-state index < -0.39 is 0 Å². The lowest BCUT2D eigenvalue weighted by molar-refractivity contribution is 0.339. The standard InChI is InChI=1S/2C3H6O/c1-3-4-2;1-2-3-4/h3H,1H2,2H3;2,4H,1,3H2. The molecule has 0 aromatic rings. The summed E-state index contributed by atoms with van der Waals surface area (Å²) in [5.74, 6) is 0. The fraction of sp³-hybridized carbons (Fsp3) is 0.333. The summed E-state index contributed by atoms with van der Waals surface area (Å²) in [6.45, 7) is 6.57. The van der Waals surface area contributed by atoms with Crippen molar-refractivity contribution >= 4 is 0 Å². The van der Waals surface area contributed by atoms with Gasteiger partial charge in [-0.1, -0.05) is 12.7 Å². The molecule has 0 aliphatic rings. The van der Waals surface area contributed by atoms with Gasteiger partial charge in [-0.15, -0.1) is 6.58 Å². The first-order valence-electron chi connectivity index (χ1n) is 2.18. The normalized spacial score (nSPS) is 5.75. The van der Waals surface area contributed by atoms with Crippen LogP contribution in [0.15, 0.2) is 25.5 Å². The lowest BCUT2D eigenvalue weighted by Crippen LogP contribution is -1.62. The Hall–Kier alpha value is -0.760. The fourth-order valence-corrected chi connectivity index (χ4v) is 0. The number of aliphatic hydroxyl groups excluding tert-OH is 1. The van der Waals surface area contributed by atoms with Crippen molar-refractivity contribution in [1.29, 1.82) is 0 Å². The third-order valence-electron chi connectivity index (χ3n) is 0.296. The van der Waals surface area contributed by atoms with Gasteiger partial charge in [0.05, 0.1) is 20.0 Å². The first kappa shape index (κ1) is 10.3. The van der Waals surface area contributed by atoms with Gasteiger partial charge in [0.25, 0.3) is 0 Å². The van der Waals surface area contributed by atoms with E-state index in [9.17, 15) is 0 Å². The summed E-state index contributed by atoms with van der Waals surface area (Å²) in [6, 6.07) is 0. The Labute approximate surface area is 50.1 Å². The maximum atomic E-state index is 7.76. The van der Waals surface area contributed by atoms with E-state index in [1.165, 1.54) is 12.3 Å². The van der Waals surface area contributed by atoms with Crippen LogP contribution in [0.4, 0.5) is 0 Å². The minimum atomic E-state index is 0.0833. The molecular formula is C6H12O2. The zero-order valence-corrected chi connectivity index (χ0v) is 5.13. The van der Waals surface area contributed by atoms with Gasteiger partial charge in [0.2, 0.25) is 0 Å². The number of rotatable bonds is 2. The average molecular weight is 116 g/mol. The van der Waals surface area contributed by atoms with Crippen LogP contribution < -0.4 is 0 Å². The maximum Gasteiger partial charge on any atom is 0.0766 e. The third-order valence-corrected chi connectivity index (χ3v) is 0.296. The molecule has 0 unspecified atom stereocenters. The monoisotopic (exact) mass is 116 g/mol. The predicted molar refractivity (Wildman–Crippen MR) is 34.5 cm³/mol. The third kappa shape index (κ3) is 61.3. The first-order chi connectivity index (χ1) is 3.83. The van der Waals surface area contributed by atoms with Gasteiger partial charge >= 0.3 is 0 Å². The van der Waals surface area contributed by atoms with Gasteiger partial charge in [0, 0.05) is 0 Å². The molecule has 1 N–H and O–H groups in total. The lowest BCUT2D eigenvalue weighted by atomic mass is 10.7. The van der Waals surface area contributed by atoms with Gasteiger partial charge in [-0.2, -0.15) is 0 Å². The summed E-state index contributed by atoms with van der Waals surface area (Å²) >= 11 is 0. The molecule has 0 fully saturated rings. The zero-order chi connectivity index (χ0) is 6.83. The van der Waals surface area contributed by atoms with Gasteiger partial charge in [0.1, 0.15) is 0 Å². The van der Waals surface area contributed by atoms with Gasteiger partial charge in [-0.3, -0.25) is 0 Å². The van der Waals surface area contributed by atoms with Crippen molar-refractivity contribution in [1.82, 2.24) is 0 Å². The van der Waals surface area contributed by atoms with E-state index in [4.69, 9.17) is 5.11 Å². The molecule has 0 radical (unpaired) electrons. The van der Waals surface area contributed by atoms with Crippen LogP contribution in [-0.2, 0) is 4.74 Å². The van der Waals surface area contributed by atoms with Crippen molar-refractivity contribution < 1.29 is 9.84 Å². The maximum absolute atomic E-state index is 7.76. The minimum absolute atomic E-state index is 0.0833. The largest absolute Gasteiger partial charge is 0.505 e. The SMILES string of the molecule is C=CCO.C=COC. The second kappa shape index (κ2) is 16.3. The molecule has 0 aliphatic heterocycles. The van der Waals surface area contributed by atoms with E-state index in [1.54, 1.807) is 7.11 Å². The highest BCUT2D eigenvalue weighted by Crippen LogP contribution is 1.52. The molecule has 2 heteroatoms. The minimum Gasteiger partial charge on any atom is -0.505 e. The molecule has 48 valence electrons. The second-order valence-corrected chi connectivity index (χ2v) is 0.874. The van der Waals surface area contributed by atoms with Crippen LogP contribution in [0.25, 0.3) is 0 Å². The van der Waals surface area contributed by atoms with Crippen LogP contribution in [0.5, 0.6) is 0 Å². The summed E-state index contributed by atoms with van der Waals surface area (Å²) in [6.07, 6.45) is 2.81. The lowest BCUT2D eigenvalue weighted by Gasteiger charge is -1.73. The quantitative estimate of drug-likeness (QED) is 0.430. The Kier molecular flexibility index (Phi) is 20.9. The molecule has 0 saturated heterocycles. The fourth-order valence-electron chi connectivity index (χ4n) is 0. The van der Waals surface area contributed by atoms with E-state index in [0.717, 1.165) is 0 Å². The van der Waals surface area contributed by atoms with E-state index in [-0.39, 0.29) is 6.61 Å². The Balaban J connectivity index is 0. The highest BCUT2D eigenvalue weighted by atomic mass is 16.5. The highest BCUT2D eigenvalue weighted by molar-refractivity contribution is 4.60. The second-order valence-electron chi connectivity index (χ2n) is 0.874. The van der Waals surface area contributed by atoms with E-state index in [1.807, 2.05) is 0 Å². The number of hydrogen-bond donors (Lipinski definition) is 1. The molecule has 2 nitrogen and oxygen atoms in total. The topological polar surface area (TPSA) is 29.5 Å². The van der Waals surface area contributed by atoms with Crippen LogP contribution in [-0.4, -0.2) is 18.8 Å². The molecule has 0 aromatic heterocycles. The van der Waals surface area contributed by atoms with Crippen molar-refractivity contribution in [3.05, 3.63) is 25.5 Å². The molecule has 0 aliphatic carbocycles. The molecule has 0 aromatic carbocycles. The van der Waals surface area contributed by atoms with Crippen molar-refractivity contribution in [3.8, 4) is 0 Å². The number of methoxy groups -OCH3 is 1. The summed E-state index contributed by atoms with van der Waals surface area (Å²) in [7, 11) is 1.56. The van der Waals surface area contributed by atoms with Crippen molar-refractivity contribution in [2.75, 3.05) is 13.7 Å². The first-order valence-corrected chi connectivity index (χ1v) is 2.18. The Morgan fingerprint density at radius 1 is 1.62 bits per heavy atom. The molecule has 0 amide bonds. The van der Waals surface area contributed by atoms with Crippen LogP contribution in [0, 0.1) is 0 Å². The molecule has 0 bridgehead atoms. The Bertz CT molecular complexity index is 42.5. The number of hydrogen-bond acceptors (Lipinski definition) is 2. The van der Waals surface area contributed by atoms with Crippen molar-refractivity contribution in [2.45, 2.75) is 0 Å². The molecule has 0 atom stereocenters. The Morgan fingerprint density at radius 3 is 1.88 bits per heavy atom. The van der Waals surface area contributed by atoms with Crippen LogP contribution >= 0.6 is 0 Å². The zero-order valence-electron chi connectivity index (χ0n) is 5.13. The molecule has 0 rings (SSSR count). The van der Waals surface area contributed by atoms with Crippen molar-refractivity contribution in [3.63, 3.8) is 0 Å².